The van der Waals surface area contributed by atoms with Crippen LogP contribution in [0.4, 0.5) is 0 Å². The topological polar surface area (TPSA) is 51.6 Å². The van der Waals surface area contributed by atoms with Crippen LogP contribution in [-0.4, -0.2) is 19.9 Å². The number of hydrogen-bond donors (Lipinski definition) is 0. The van der Waals surface area contributed by atoms with Gasteiger partial charge in [-0.15, -0.1) is 0 Å². The quantitative estimate of drug-likeness (QED) is 0.150. The lowest BCUT2D eigenvalue weighted by molar-refractivity contribution is 1.18. The summed E-state index contributed by atoms with van der Waals surface area (Å²) in [6.45, 7) is 0. The molecule has 0 unspecified atom stereocenters. The van der Waals surface area contributed by atoms with Crippen molar-refractivity contribution in [3.63, 3.8) is 0 Å². The van der Waals surface area contributed by atoms with Gasteiger partial charge in [-0.05, 0) is 102 Å². The molecule has 2 aromatic heterocycles. The normalized spacial score (nSPS) is 11.5. The Hall–Kier alpha value is -9.12. The van der Waals surface area contributed by atoms with Gasteiger partial charge in [0.2, 0.25) is 0 Å². The molecule has 13 rings (SSSR count). The molecule has 0 aliphatic rings. The zero-order chi connectivity index (χ0) is 45.0. The highest BCUT2D eigenvalue weighted by Gasteiger charge is 2.19. The average molecular weight is 865 g/mol. The molecule has 0 fully saturated rings. The van der Waals surface area contributed by atoms with Crippen LogP contribution >= 0.6 is 0 Å². The van der Waals surface area contributed by atoms with Gasteiger partial charge in [-0.25, -0.2) is 15.0 Å². The minimum Gasteiger partial charge on any atom is -0.252 e. The highest BCUT2D eigenvalue weighted by molar-refractivity contribution is 6.23. The van der Waals surface area contributed by atoms with E-state index in [9.17, 15) is 0 Å². The van der Waals surface area contributed by atoms with Gasteiger partial charge in [-0.1, -0.05) is 200 Å². The third kappa shape index (κ3) is 6.95. The molecule has 0 aliphatic heterocycles. The van der Waals surface area contributed by atoms with E-state index in [4.69, 9.17) is 19.9 Å². The summed E-state index contributed by atoms with van der Waals surface area (Å²) in [7, 11) is 0. The van der Waals surface area contributed by atoms with Gasteiger partial charge in [0.1, 0.15) is 0 Å². The molecule has 0 saturated carbocycles. The number of aromatic nitrogens is 4. The predicted octanol–water partition coefficient (Wildman–Crippen LogP) is 16.7. The van der Waals surface area contributed by atoms with Gasteiger partial charge >= 0.3 is 0 Å². The van der Waals surface area contributed by atoms with E-state index < -0.39 is 0 Å². The Morgan fingerprint density at radius 3 is 1.41 bits per heavy atom. The van der Waals surface area contributed by atoms with Crippen LogP contribution in [0.1, 0.15) is 0 Å². The van der Waals surface area contributed by atoms with Crippen molar-refractivity contribution in [3.8, 4) is 78.5 Å². The van der Waals surface area contributed by atoms with E-state index in [0.717, 1.165) is 94.3 Å². The van der Waals surface area contributed by atoms with Crippen LogP contribution in [0.5, 0.6) is 0 Å². The first-order valence-electron chi connectivity index (χ1n) is 23.0. The van der Waals surface area contributed by atoms with Crippen LogP contribution in [0.3, 0.4) is 0 Å². The summed E-state index contributed by atoms with van der Waals surface area (Å²) in [6.07, 6.45) is 1.93. The molecular weight excluding hydrogens is 825 g/mol. The Balaban J connectivity index is 1.06. The van der Waals surface area contributed by atoms with Crippen LogP contribution in [0, 0.1) is 0 Å². The molecule has 68 heavy (non-hydrogen) atoms. The number of rotatable bonds is 7. The molecule has 2 heterocycles. The maximum Gasteiger partial charge on any atom is 0.160 e. The van der Waals surface area contributed by atoms with E-state index in [2.05, 4.69) is 231 Å². The first-order chi connectivity index (χ1) is 33.7. The number of benzene rings is 11. The maximum absolute atomic E-state index is 5.50. The Morgan fingerprint density at radius 2 is 0.706 bits per heavy atom. The molecule has 11 aromatic carbocycles. The molecule has 0 aliphatic carbocycles. The molecule has 4 nitrogen and oxygen atoms in total. The second kappa shape index (κ2) is 16.4. The van der Waals surface area contributed by atoms with Crippen molar-refractivity contribution in [2.24, 2.45) is 0 Å². The van der Waals surface area contributed by atoms with Gasteiger partial charge in [-0.3, -0.25) is 4.98 Å². The summed E-state index contributed by atoms with van der Waals surface area (Å²) in [5.74, 6) is 0.619. The van der Waals surface area contributed by atoms with Gasteiger partial charge in [0.15, 0.2) is 5.82 Å². The van der Waals surface area contributed by atoms with Gasteiger partial charge in [0, 0.05) is 33.0 Å². The molecule has 0 N–H and O–H groups in total. The molecule has 4 heteroatoms. The standard InChI is InChI=1S/C64H40N4/c1-3-16-41(17-4-1)43-30-32-44(33-31-43)59-39-60(47-22-15-21-45(34-47)42-18-5-2-6-19-42)68-64(67-59)50-36-48(58-38-46-20-7-8-23-51(46)52-24-9-10-27-55(52)58)35-49(37-50)61-40-65-62-56-28-13-11-25-53(56)54-26-12-14-29-57(54)63(62)66-61/h1-40H. The zero-order valence-electron chi connectivity index (χ0n) is 36.9. The van der Waals surface area contributed by atoms with Crippen molar-refractivity contribution in [2.45, 2.75) is 0 Å². The third-order valence-corrected chi connectivity index (χ3v) is 13.3. The van der Waals surface area contributed by atoms with E-state index in [0.29, 0.717) is 5.82 Å². The summed E-state index contributed by atoms with van der Waals surface area (Å²) in [6, 6.07) is 83.8. The van der Waals surface area contributed by atoms with Crippen molar-refractivity contribution in [1.82, 2.24) is 19.9 Å². The van der Waals surface area contributed by atoms with Crippen LogP contribution in [-0.2, 0) is 0 Å². The summed E-state index contributed by atoms with van der Waals surface area (Å²) >= 11 is 0. The van der Waals surface area contributed by atoms with Crippen molar-refractivity contribution >= 4 is 54.1 Å². The highest BCUT2D eigenvalue weighted by Crippen LogP contribution is 2.41. The average Bonchev–Trinajstić information content (AvgIpc) is 3.43. The van der Waals surface area contributed by atoms with E-state index in [1.807, 2.05) is 12.3 Å². The highest BCUT2D eigenvalue weighted by atomic mass is 14.9. The minimum atomic E-state index is 0.619. The lowest BCUT2D eigenvalue weighted by Crippen LogP contribution is -1.98. The minimum absolute atomic E-state index is 0.619. The van der Waals surface area contributed by atoms with Crippen LogP contribution in [0.2, 0.25) is 0 Å². The molecule has 0 amide bonds. The largest absolute Gasteiger partial charge is 0.252 e. The Bertz CT molecular complexity index is 4040. The summed E-state index contributed by atoms with van der Waals surface area (Å²) < 4.78 is 0. The molecule has 0 radical (unpaired) electrons. The van der Waals surface area contributed by atoms with Gasteiger partial charge in [0.25, 0.3) is 0 Å². The van der Waals surface area contributed by atoms with Crippen LogP contribution < -0.4 is 0 Å². The molecule has 316 valence electrons. The first-order valence-corrected chi connectivity index (χ1v) is 23.0. The van der Waals surface area contributed by atoms with Crippen LogP contribution in [0.25, 0.3) is 133 Å². The maximum atomic E-state index is 5.50. The SMILES string of the molecule is c1ccc(-c2ccc(-c3cc(-c4cccc(-c5ccccc5)c4)nc(-c4cc(-c5cnc6c7ccccc7c7ccccc7c6n5)cc(-c5cc6ccccc6c6ccccc56)c4)n3)cc2)cc1. The second-order valence-corrected chi connectivity index (χ2v) is 17.4. The Morgan fingerprint density at radius 1 is 0.235 bits per heavy atom. The fourth-order valence-electron chi connectivity index (χ4n) is 9.94. The smallest absolute Gasteiger partial charge is 0.160 e. The second-order valence-electron chi connectivity index (χ2n) is 17.4. The number of hydrogen-bond acceptors (Lipinski definition) is 4. The fourth-order valence-corrected chi connectivity index (χ4v) is 9.94. The monoisotopic (exact) mass is 864 g/mol. The van der Waals surface area contributed by atoms with E-state index in [1.54, 1.807) is 0 Å². The molecule has 0 atom stereocenters. The van der Waals surface area contributed by atoms with Crippen LogP contribution in [0.15, 0.2) is 243 Å². The molecule has 13 aromatic rings. The third-order valence-electron chi connectivity index (χ3n) is 13.3. The summed E-state index contributed by atoms with van der Waals surface area (Å²) in [5, 5.41) is 9.26. The molecule has 0 bridgehead atoms. The summed E-state index contributed by atoms with van der Waals surface area (Å²) in [4.78, 5) is 21.6. The fraction of sp³-hybridized carbons (Fsp3) is 0. The Labute approximate surface area is 393 Å². The van der Waals surface area contributed by atoms with Crippen molar-refractivity contribution < 1.29 is 0 Å². The number of fused-ring (bicyclic) bond motifs is 9. The first kappa shape index (κ1) is 39.3. The molecular formula is C64H40N4. The van der Waals surface area contributed by atoms with E-state index in [1.165, 1.54) is 32.5 Å². The zero-order valence-corrected chi connectivity index (χ0v) is 36.9. The van der Waals surface area contributed by atoms with Crippen molar-refractivity contribution in [2.75, 3.05) is 0 Å². The lowest BCUT2D eigenvalue weighted by atomic mass is 9.91. The molecule has 0 spiro atoms. The molecule has 0 saturated heterocycles. The van der Waals surface area contributed by atoms with Gasteiger partial charge in [0.05, 0.1) is 34.3 Å². The van der Waals surface area contributed by atoms with Gasteiger partial charge < -0.3 is 0 Å². The van der Waals surface area contributed by atoms with Crippen molar-refractivity contribution in [1.29, 1.82) is 0 Å². The van der Waals surface area contributed by atoms with Crippen molar-refractivity contribution in [3.05, 3.63) is 243 Å². The number of nitrogens with zero attached hydrogens (tertiary/aromatic N) is 4. The Kier molecular flexibility index (Phi) is 9.47. The predicted molar refractivity (Wildman–Crippen MR) is 283 cm³/mol. The lowest BCUT2D eigenvalue weighted by Gasteiger charge is -2.16. The van der Waals surface area contributed by atoms with E-state index >= 15 is 0 Å². The van der Waals surface area contributed by atoms with E-state index in [-0.39, 0.29) is 0 Å². The van der Waals surface area contributed by atoms with Gasteiger partial charge in [-0.2, -0.15) is 0 Å². The summed E-state index contributed by atoms with van der Waals surface area (Å²) in [5.41, 5.74) is 14.8.